The molecular formula is C14H19NOS. The first-order valence-corrected chi connectivity index (χ1v) is 7.30. The van der Waals surface area contributed by atoms with Crippen molar-refractivity contribution in [3.05, 3.63) is 29.3 Å². The molecule has 2 heterocycles. The number of fused-ring (bicyclic) bond motifs is 1. The van der Waals surface area contributed by atoms with Crippen LogP contribution in [0.4, 0.5) is 0 Å². The summed E-state index contributed by atoms with van der Waals surface area (Å²) in [6.07, 6.45) is 2.08. The number of benzene rings is 1. The summed E-state index contributed by atoms with van der Waals surface area (Å²) in [5.74, 6) is 2.08. The van der Waals surface area contributed by atoms with Gasteiger partial charge in [-0.25, -0.2) is 0 Å². The largest absolute Gasteiger partial charge is 0.486 e. The van der Waals surface area contributed by atoms with E-state index in [-0.39, 0.29) is 11.6 Å². The van der Waals surface area contributed by atoms with Crippen molar-refractivity contribution in [3.8, 4) is 5.75 Å². The lowest BCUT2D eigenvalue weighted by molar-refractivity contribution is 0.0575. The third-order valence-electron chi connectivity index (χ3n) is 3.77. The van der Waals surface area contributed by atoms with Crippen LogP contribution in [0.25, 0.3) is 0 Å². The molecule has 2 aliphatic heterocycles. The molecule has 1 saturated heterocycles. The molecule has 0 amide bonds. The van der Waals surface area contributed by atoms with Gasteiger partial charge in [-0.2, -0.15) is 11.8 Å². The maximum absolute atomic E-state index is 6.33. The van der Waals surface area contributed by atoms with Crippen molar-refractivity contribution in [1.29, 1.82) is 0 Å². The van der Waals surface area contributed by atoms with Gasteiger partial charge in [-0.1, -0.05) is 24.6 Å². The molecule has 0 aromatic heterocycles. The fraction of sp³-hybridized carbons (Fsp3) is 0.571. The SMILES string of the molecule is Cc1ccc2c(c1)[C@@H](N)CC1(CSC(C)C1)O2. The summed E-state index contributed by atoms with van der Waals surface area (Å²) in [6.45, 7) is 4.38. The maximum atomic E-state index is 6.33. The monoisotopic (exact) mass is 249 g/mol. The summed E-state index contributed by atoms with van der Waals surface area (Å²) >= 11 is 2.00. The Morgan fingerprint density at radius 3 is 2.94 bits per heavy atom. The Hall–Kier alpha value is -0.670. The highest BCUT2D eigenvalue weighted by Gasteiger charge is 2.45. The van der Waals surface area contributed by atoms with Gasteiger partial charge < -0.3 is 10.5 Å². The second kappa shape index (κ2) is 3.92. The van der Waals surface area contributed by atoms with Gasteiger partial charge in [-0.05, 0) is 19.4 Å². The minimum atomic E-state index is -0.00818. The maximum Gasteiger partial charge on any atom is 0.124 e. The number of ether oxygens (including phenoxy) is 1. The predicted molar refractivity (Wildman–Crippen MR) is 72.6 cm³/mol. The quantitative estimate of drug-likeness (QED) is 0.767. The van der Waals surface area contributed by atoms with Crippen LogP contribution in [-0.4, -0.2) is 16.6 Å². The molecule has 3 heteroatoms. The van der Waals surface area contributed by atoms with Crippen molar-refractivity contribution < 1.29 is 4.74 Å². The van der Waals surface area contributed by atoms with Crippen LogP contribution in [0.5, 0.6) is 5.75 Å². The average Bonchev–Trinajstić information content (AvgIpc) is 2.61. The van der Waals surface area contributed by atoms with Crippen molar-refractivity contribution in [2.24, 2.45) is 5.73 Å². The standard InChI is InChI=1S/C14H19NOS/c1-9-3-4-13-11(5-9)12(15)7-14(16-13)6-10(2)17-8-14/h3-5,10,12H,6-8,15H2,1-2H3/t10?,12-,14?/m0/s1. The van der Waals surface area contributed by atoms with Crippen molar-refractivity contribution in [2.75, 3.05) is 5.75 Å². The van der Waals surface area contributed by atoms with E-state index in [0.717, 1.165) is 24.3 Å². The molecule has 1 fully saturated rings. The van der Waals surface area contributed by atoms with Crippen LogP contribution in [0.15, 0.2) is 18.2 Å². The van der Waals surface area contributed by atoms with Gasteiger partial charge in [0, 0.05) is 29.0 Å². The topological polar surface area (TPSA) is 35.2 Å². The lowest BCUT2D eigenvalue weighted by atomic mass is 9.85. The van der Waals surface area contributed by atoms with Gasteiger partial charge in [0.1, 0.15) is 11.4 Å². The molecule has 92 valence electrons. The van der Waals surface area contributed by atoms with Gasteiger partial charge in [0.2, 0.25) is 0 Å². The number of rotatable bonds is 0. The van der Waals surface area contributed by atoms with E-state index in [9.17, 15) is 0 Å². The fourth-order valence-electron chi connectivity index (χ4n) is 2.99. The second-order valence-electron chi connectivity index (χ2n) is 5.46. The van der Waals surface area contributed by atoms with Gasteiger partial charge in [0.25, 0.3) is 0 Å². The van der Waals surface area contributed by atoms with Crippen LogP contribution < -0.4 is 10.5 Å². The highest BCUT2D eigenvalue weighted by atomic mass is 32.2. The van der Waals surface area contributed by atoms with Gasteiger partial charge in [-0.15, -0.1) is 0 Å². The van der Waals surface area contributed by atoms with Crippen LogP contribution >= 0.6 is 11.8 Å². The molecule has 1 aromatic rings. The average molecular weight is 249 g/mol. The predicted octanol–water partition coefficient (Wildman–Crippen LogP) is 3.04. The zero-order valence-electron chi connectivity index (χ0n) is 10.4. The van der Waals surface area contributed by atoms with E-state index >= 15 is 0 Å². The number of hydrogen-bond acceptors (Lipinski definition) is 3. The van der Waals surface area contributed by atoms with E-state index < -0.39 is 0 Å². The summed E-state index contributed by atoms with van der Waals surface area (Å²) in [5, 5.41) is 0.689. The van der Waals surface area contributed by atoms with Crippen LogP contribution in [0.2, 0.25) is 0 Å². The highest BCUT2D eigenvalue weighted by molar-refractivity contribution is 8.00. The van der Waals surface area contributed by atoms with Crippen molar-refractivity contribution >= 4 is 11.8 Å². The molecule has 3 atom stereocenters. The number of hydrogen-bond donors (Lipinski definition) is 1. The zero-order chi connectivity index (χ0) is 12.0. The Morgan fingerprint density at radius 1 is 1.41 bits per heavy atom. The molecule has 3 rings (SSSR count). The number of thioether (sulfide) groups is 1. The minimum absolute atomic E-state index is 0.00818. The summed E-state index contributed by atoms with van der Waals surface area (Å²) in [4.78, 5) is 0. The molecule has 17 heavy (non-hydrogen) atoms. The molecule has 2 nitrogen and oxygen atoms in total. The molecular weight excluding hydrogens is 230 g/mol. The molecule has 2 N–H and O–H groups in total. The van der Waals surface area contributed by atoms with Gasteiger partial charge in [0.15, 0.2) is 0 Å². The molecule has 2 aliphatic rings. The Morgan fingerprint density at radius 2 is 2.24 bits per heavy atom. The molecule has 1 aromatic carbocycles. The van der Waals surface area contributed by atoms with E-state index in [1.807, 2.05) is 11.8 Å². The van der Waals surface area contributed by atoms with E-state index in [0.29, 0.717) is 5.25 Å². The second-order valence-corrected chi connectivity index (χ2v) is 6.89. The normalized spacial score (nSPS) is 35.7. The first-order valence-electron chi connectivity index (χ1n) is 6.25. The van der Waals surface area contributed by atoms with Crippen LogP contribution in [0, 0.1) is 6.92 Å². The Balaban J connectivity index is 1.96. The molecule has 1 spiro atoms. The van der Waals surface area contributed by atoms with Crippen molar-refractivity contribution in [1.82, 2.24) is 0 Å². The van der Waals surface area contributed by atoms with Crippen molar-refractivity contribution in [3.63, 3.8) is 0 Å². The lowest BCUT2D eigenvalue weighted by Crippen LogP contribution is -2.43. The molecule has 2 unspecified atom stereocenters. The Labute approximate surface area is 107 Å². The number of aryl methyl sites for hydroxylation is 1. The smallest absolute Gasteiger partial charge is 0.124 e. The molecule has 0 bridgehead atoms. The van der Waals surface area contributed by atoms with E-state index in [4.69, 9.17) is 10.5 Å². The first-order chi connectivity index (χ1) is 8.08. The summed E-state index contributed by atoms with van der Waals surface area (Å²) < 4.78 is 6.28. The Kier molecular flexibility index (Phi) is 2.64. The fourth-order valence-corrected chi connectivity index (χ4v) is 4.29. The van der Waals surface area contributed by atoms with E-state index in [2.05, 4.69) is 32.0 Å². The molecule has 0 aliphatic carbocycles. The summed E-state index contributed by atoms with van der Waals surface area (Å²) in [5.41, 5.74) is 8.76. The van der Waals surface area contributed by atoms with Crippen LogP contribution in [0.3, 0.4) is 0 Å². The van der Waals surface area contributed by atoms with Crippen LogP contribution in [0.1, 0.15) is 36.9 Å². The lowest BCUT2D eigenvalue weighted by Gasteiger charge is -2.38. The summed E-state index contributed by atoms with van der Waals surface area (Å²) in [7, 11) is 0. The van der Waals surface area contributed by atoms with Crippen molar-refractivity contribution in [2.45, 2.75) is 43.6 Å². The Bertz CT molecular complexity index is 448. The molecule has 0 radical (unpaired) electrons. The first kappa shape index (κ1) is 11.4. The third kappa shape index (κ3) is 1.95. The van der Waals surface area contributed by atoms with Gasteiger partial charge >= 0.3 is 0 Å². The zero-order valence-corrected chi connectivity index (χ0v) is 11.2. The third-order valence-corrected chi connectivity index (χ3v) is 5.20. The highest BCUT2D eigenvalue weighted by Crippen LogP contribution is 2.47. The van der Waals surface area contributed by atoms with E-state index in [1.54, 1.807) is 0 Å². The van der Waals surface area contributed by atoms with Gasteiger partial charge in [0.05, 0.1) is 0 Å². The minimum Gasteiger partial charge on any atom is -0.486 e. The van der Waals surface area contributed by atoms with Crippen LogP contribution in [-0.2, 0) is 0 Å². The molecule has 0 saturated carbocycles. The van der Waals surface area contributed by atoms with E-state index in [1.165, 1.54) is 11.1 Å². The summed E-state index contributed by atoms with van der Waals surface area (Å²) in [6, 6.07) is 6.48. The number of nitrogens with two attached hydrogens (primary N) is 1. The van der Waals surface area contributed by atoms with Gasteiger partial charge in [-0.3, -0.25) is 0 Å².